The Balaban J connectivity index is 1.17. The van der Waals surface area contributed by atoms with Crippen LogP contribution in [0.15, 0.2) is 192 Å². The molecular weight excluding hydrogens is 795 g/mol. The average Bonchev–Trinajstić information content (AvgIpc) is 4.11. The number of fused-ring (bicyclic) bond motifs is 16. The number of hydrogen-bond acceptors (Lipinski definition) is 5. The number of aromatic nitrogens is 3. The predicted octanol–water partition coefficient (Wildman–Crippen LogP) is 16.4. The molecule has 6 heteroatoms. The summed E-state index contributed by atoms with van der Waals surface area (Å²) in [6.45, 7) is 0. The normalized spacial score (nSPS) is 12.2. The smallest absolute Gasteiger partial charge is 0.166 e. The van der Waals surface area contributed by atoms with Gasteiger partial charge < -0.3 is 4.42 Å². The maximum atomic E-state index is 6.86. The second kappa shape index (κ2) is 12.9. The maximum absolute atomic E-state index is 6.86. The van der Waals surface area contributed by atoms with Crippen molar-refractivity contribution < 1.29 is 4.42 Å². The van der Waals surface area contributed by atoms with Crippen molar-refractivity contribution in [3.8, 4) is 39.5 Å². The first kappa shape index (κ1) is 34.1. The van der Waals surface area contributed by atoms with Gasteiger partial charge in [-0.15, -0.1) is 22.7 Å². The average molecular weight is 826 g/mol. The largest absolute Gasteiger partial charge is 0.455 e. The Morgan fingerprint density at radius 3 is 1.81 bits per heavy atom. The molecule has 0 spiro atoms. The Kier molecular flexibility index (Phi) is 7.11. The Labute approximate surface area is 362 Å². The quantitative estimate of drug-likeness (QED) is 0.178. The van der Waals surface area contributed by atoms with Crippen LogP contribution in [0.4, 0.5) is 0 Å². The van der Waals surface area contributed by atoms with E-state index in [9.17, 15) is 0 Å². The molecule has 0 saturated heterocycles. The number of thiophene rings is 2. The van der Waals surface area contributed by atoms with Crippen molar-refractivity contribution >= 4 is 118 Å². The van der Waals surface area contributed by atoms with Crippen molar-refractivity contribution in [3.63, 3.8) is 0 Å². The van der Waals surface area contributed by atoms with Crippen molar-refractivity contribution in [2.75, 3.05) is 0 Å². The summed E-state index contributed by atoms with van der Waals surface area (Å²) in [5.41, 5.74) is 9.37. The monoisotopic (exact) mass is 825 g/mol. The van der Waals surface area contributed by atoms with Gasteiger partial charge >= 0.3 is 0 Å². The Morgan fingerprint density at radius 1 is 0.419 bits per heavy atom. The lowest BCUT2D eigenvalue weighted by Gasteiger charge is -2.13. The number of hydrogen-bond donors (Lipinski definition) is 0. The number of rotatable bonds is 4. The third kappa shape index (κ3) is 4.76. The molecular formula is C56H31N3OS2. The molecule has 288 valence electrons. The molecule has 0 atom stereocenters. The highest BCUT2D eigenvalue weighted by atomic mass is 32.1. The molecule has 0 bridgehead atoms. The standard InChI is InChI=1S/C56H31N3OS2/c1-3-15-32(16-4-1)34-27-30-43-42(31-34)47-36-19-7-8-20-37(36)49-39-22-10-13-25-45(39)61-53(49)51(47)59(43)55-50-40-23-11-14-26-46(40)62-56(50)58-54(57-55)41-29-28-35(33-17-5-2-6-18-33)48-38-21-9-12-24-44(38)60-52(41)48/h1-31H. The fraction of sp³-hybridized carbons (Fsp3) is 0. The summed E-state index contributed by atoms with van der Waals surface area (Å²) in [6.07, 6.45) is 0. The van der Waals surface area contributed by atoms with Gasteiger partial charge in [0.25, 0.3) is 0 Å². The van der Waals surface area contributed by atoms with Crippen LogP contribution in [0.25, 0.3) is 134 Å². The lowest BCUT2D eigenvalue weighted by Crippen LogP contribution is -2.02. The number of nitrogens with zero attached hydrogens (tertiary/aromatic N) is 3. The summed E-state index contributed by atoms with van der Waals surface area (Å²) in [7, 11) is 0. The molecule has 0 N–H and O–H groups in total. The first-order valence-corrected chi connectivity index (χ1v) is 22.5. The minimum Gasteiger partial charge on any atom is -0.455 e. The number of furan rings is 1. The fourth-order valence-corrected chi connectivity index (χ4v) is 12.3. The van der Waals surface area contributed by atoms with Gasteiger partial charge in [0.05, 0.1) is 26.7 Å². The van der Waals surface area contributed by atoms with Crippen LogP contribution >= 0.6 is 22.7 Å². The second-order valence-electron chi connectivity index (χ2n) is 16.0. The van der Waals surface area contributed by atoms with Crippen molar-refractivity contribution in [1.82, 2.24) is 14.5 Å². The van der Waals surface area contributed by atoms with Crippen molar-refractivity contribution in [2.45, 2.75) is 0 Å². The van der Waals surface area contributed by atoms with Gasteiger partial charge in [0.2, 0.25) is 0 Å². The van der Waals surface area contributed by atoms with Crippen LogP contribution in [-0.4, -0.2) is 14.5 Å². The molecule has 0 unspecified atom stereocenters. The third-order valence-corrected chi connectivity index (χ3v) is 14.9. The molecule has 0 radical (unpaired) electrons. The Hall–Kier alpha value is -7.64. The van der Waals surface area contributed by atoms with Gasteiger partial charge in [-0.3, -0.25) is 4.57 Å². The lowest BCUT2D eigenvalue weighted by molar-refractivity contribution is 0.669. The summed E-state index contributed by atoms with van der Waals surface area (Å²) in [5.74, 6) is 1.49. The molecule has 4 nitrogen and oxygen atoms in total. The highest BCUT2D eigenvalue weighted by molar-refractivity contribution is 7.27. The summed E-state index contributed by atoms with van der Waals surface area (Å²) in [5, 5.41) is 11.8. The molecule has 0 aliphatic rings. The van der Waals surface area contributed by atoms with Crippen LogP contribution < -0.4 is 0 Å². The van der Waals surface area contributed by atoms with Crippen LogP contribution in [0.2, 0.25) is 0 Å². The third-order valence-electron chi connectivity index (χ3n) is 12.6. The van der Waals surface area contributed by atoms with E-state index >= 15 is 0 Å². The van der Waals surface area contributed by atoms with E-state index in [1.165, 1.54) is 57.5 Å². The van der Waals surface area contributed by atoms with Crippen LogP contribution in [0.3, 0.4) is 0 Å². The summed E-state index contributed by atoms with van der Waals surface area (Å²) in [4.78, 5) is 12.2. The number of para-hydroxylation sites is 1. The fourth-order valence-electron chi connectivity index (χ4n) is 9.96. The van der Waals surface area contributed by atoms with Crippen LogP contribution in [0, 0.1) is 0 Å². The second-order valence-corrected chi connectivity index (χ2v) is 18.1. The van der Waals surface area contributed by atoms with Crippen LogP contribution in [0.1, 0.15) is 0 Å². The summed E-state index contributed by atoms with van der Waals surface area (Å²) < 4.78 is 13.0. The molecule has 0 fully saturated rings. The van der Waals surface area contributed by atoms with E-state index in [2.05, 4.69) is 187 Å². The first-order chi connectivity index (χ1) is 30.8. The molecule has 0 aliphatic heterocycles. The molecule has 14 aromatic rings. The summed E-state index contributed by atoms with van der Waals surface area (Å²) in [6, 6.07) is 67.4. The predicted molar refractivity (Wildman–Crippen MR) is 263 cm³/mol. The van der Waals surface area contributed by atoms with E-state index < -0.39 is 0 Å². The van der Waals surface area contributed by atoms with E-state index in [0.29, 0.717) is 5.82 Å². The maximum Gasteiger partial charge on any atom is 0.166 e. The highest BCUT2D eigenvalue weighted by Crippen LogP contribution is 2.50. The molecule has 14 rings (SSSR count). The zero-order valence-electron chi connectivity index (χ0n) is 33.0. The van der Waals surface area contributed by atoms with Crippen molar-refractivity contribution in [3.05, 3.63) is 188 Å². The molecule has 5 heterocycles. The summed E-state index contributed by atoms with van der Waals surface area (Å²) >= 11 is 3.59. The zero-order chi connectivity index (χ0) is 40.5. The Bertz CT molecular complexity index is 4160. The van der Waals surface area contributed by atoms with Gasteiger partial charge in [-0.1, -0.05) is 152 Å². The molecule has 62 heavy (non-hydrogen) atoms. The highest BCUT2D eigenvalue weighted by Gasteiger charge is 2.27. The minimum atomic E-state index is 0.631. The first-order valence-electron chi connectivity index (χ1n) is 20.8. The van der Waals surface area contributed by atoms with Crippen LogP contribution in [0.5, 0.6) is 0 Å². The molecule has 0 amide bonds. The van der Waals surface area contributed by atoms with Gasteiger partial charge in [0.15, 0.2) is 11.6 Å². The van der Waals surface area contributed by atoms with Crippen LogP contribution in [-0.2, 0) is 0 Å². The Morgan fingerprint density at radius 2 is 1.03 bits per heavy atom. The van der Waals surface area contributed by atoms with E-state index in [-0.39, 0.29) is 0 Å². The lowest BCUT2D eigenvalue weighted by atomic mass is 9.97. The van der Waals surface area contributed by atoms with Gasteiger partial charge in [0.1, 0.15) is 16.0 Å². The van der Waals surface area contributed by atoms with Gasteiger partial charge in [0, 0.05) is 47.1 Å². The van der Waals surface area contributed by atoms with E-state index in [1.54, 1.807) is 11.3 Å². The van der Waals surface area contributed by atoms with E-state index in [0.717, 1.165) is 71.1 Å². The van der Waals surface area contributed by atoms with Gasteiger partial charge in [-0.25, -0.2) is 9.97 Å². The number of benzene rings is 9. The molecule has 9 aromatic carbocycles. The minimum absolute atomic E-state index is 0.631. The van der Waals surface area contributed by atoms with E-state index in [4.69, 9.17) is 14.4 Å². The molecule has 5 aromatic heterocycles. The van der Waals surface area contributed by atoms with Gasteiger partial charge in [-0.2, -0.15) is 0 Å². The van der Waals surface area contributed by atoms with Crippen molar-refractivity contribution in [1.29, 1.82) is 0 Å². The van der Waals surface area contributed by atoms with Crippen molar-refractivity contribution in [2.24, 2.45) is 0 Å². The molecule has 0 aliphatic carbocycles. The van der Waals surface area contributed by atoms with Gasteiger partial charge in [-0.05, 0) is 69.4 Å². The zero-order valence-corrected chi connectivity index (χ0v) is 34.6. The SMILES string of the molecule is c1ccc(-c2ccc3c(c2)c2c4ccccc4c4c5ccccc5sc4c2n3-c2nc(-c3ccc(-c4ccccc4)c4c3oc3ccccc34)nc3sc4ccccc4c23)cc1. The topological polar surface area (TPSA) is 43.9 Å². The molecule has 0 saturated carbocycles. The van der Waals surface area contributed by atoms with E-state index in [1.807, 2.05) is 17.4 Å².